The summed E-state index contributed by atoms with van der Waals surface area (Å²) in [5, 5.41) is 8.48. The molecule has 0 saturated carbocycles. The van der Waals surface area contributed by atoms with Gasteiger partial charge in [-0.25, -0.2) is 4.57 Å². The molecule has 3 aromatic carbocycles. The van der Waals surface area contributed by atoms with Gasteiger partial charge in [0.2, 0.25) is 23.6 Å². The summed E-state index contributed by atoms with van der Waals surface area (Å²) in [5.41, 5.74) is 2.26. The van der Waals surface area contributed by atoms with Gasteiger partial charge >= 0.3 is 13.8 Å². The maximum Gasteiger partial charge on any atom is 0.524 e. The minimum atomic E-state index is -4.78. The fourth-order valence-electron chi connectivity index (χ4n) is 6.89. The Bertz CT molecular complexity index is 1800. The van der Waals surface area contributed by atoms with Gasteiger partial charge < -0.3 is 30.1 Å². The minimum absolute atomic E-state index is 0.0106. The zero-order valence-electron chi connectivity index (χ0n) is 30.1. The maximum absolute atomic E-state index is 14.2. The lowest BCUT2D eigenvalue weighted by atomic mass is 9.93. The number of hydrogen-bond donors (Lipinski definition) is 5. The number of amides is 4. The number of fused-ring (bicyclic) bond motifs is 1. The molecular weight excluding hydrogens is 715 g/mol. The van der Waals surface area contributed by atoms with E-state index < -0.39 is 55.6 Å². The quantitative estimate of drug-likeness (QED) is 0.112. The second-order valence-electron chi connectivity index (χ2n) is 13.7. The van der Waals surface area contributed by atoms with E-state index in [1.165, 1.54) is 24.3 Å². The molecule has 5 N–H and O–H groups in total. The second kappa shape index (κ2) is 18.8. The number of nitrogens with one attached hydrogen (secondary N) is 3. The Balaban J connectivity index is 1.26. The smallest absolute Gasteiger partial charge is 0.461 e. The summed E-state index contributed by atoms with van der Waals surface area (Å²) < 4.78 is 21.4. The molecule has 2 heterocycles. The van der Waals surface area contributed by atoms with Crippen LogP contribution < -0.4 is 20.5 Å². The molecule has 5 atom stereocenters. The van der Waals surface area contributed by atoms with Gasteiger partial charge in [-0.15, -0.1) is 0 Å². The van der Waals surface area contributed by atoms with E-state index in [1.54, 1.807) is 24.0 Å². The molecule has 2 fully saturated rings. The number of carbonyl (C=O) groups is 5. The average molecular weight is 763 g/mol. The molecule has 5 rings (SSSR count). The summed E-state index contributed by atoms with van der Waals surface area (Å²) in [6, 6.07) is 21.4. The highest BCUT2D eigenvalue weighted by atomic mass is 31.2. The molecule has 0 unspecified atom stereocenters. The molecule has 0 aromatic heterocycles. The molecule has 2 saturated heterocycles. The topological polar surface area (TPSA) is 201 Å². The molecule has 2 aliphatic heterocycles. The number of ether oxygens (including phenoxy) is 1. The normalized spacial score (nSPS) is 19.6. The molecule has 2 aliphatic rings. The van der Waals surface area contributed by atoms with E-state index in [4.69, 9.17) is 14.5 Å². The Hall–Kier alpha value is -5.04. The number of phosphoric ester groups is 1. The Morgan fingerprint density at radius 3 is 2.15 bits per heavy atom. The Morgan fingerprint density at radius 1 is 0.833 bits per heavy atom. The first-order chi connectivity index (χ1) is 25.9. The first-order valence-corrected chi connectivity index (χ1v) is 19.7. The van der Waals surface area contributed by atoms with Crippen molar-refractivity contribution in [2.24, 2.45) is 5.92 Å². The third-order valence-corrected chi connectivity index (χ3v) is 10.1. The van der Waals surface area contributed by atoms with Crippen molar-refractivity contribution >= 4 is 37.4 Å². The van der Waals surface area contributed by atoms with Crippen LogP contribution in [0.15, 0.2) is 84.9 Å². The molecule has 0 aliphatic carbocycles. The van der Waals surface area contributed by atoms with Crippen molar-refractivity contribution in [3.8, 4) is 5.75 Å². The van der Waals surface area contributed by atoms with E-state index in [-0.39, 0.29) is 37.1 Å². The van der Waals surface area contributed by atoms with Crippen molar-refractivity contribution in [3.05, 3.63) is 102 Å². The average Bonchev–Trinajstić information content (AvgIpc) is 3.57. The number of rotatable bonds is 15. The number of carbonyl (C=O) groups excluding carboxylic acids is 5. The van der Waals surface area contributed by atoms with Gasteiger partial charge in [-0.3, -0.25) is 33.8 Å². The van der Waals surface area contributed by atoms with Crippen molar-refractivity contribution in [1.82, 2.24) is 20.9 Å². The van der Waals surface area contributed by atoms with Crippen LogP contribution in [0.5, 0.6) is 5.75 Å². The highest BCUT2D eigenvalue weighted by Gasteiger charge is 2.44. The SMILES string of the molecule is C[C@H](NC(=O)[C@@H]1CC[C@@H]2CCCC[C@H](NC(=O)[C@@H](CC(=O)OCc3ccccc3)Cc3ccc(OP(=O)(O)O)cc3)C(=O)N21)C(=O)NCc1ccccc1. The third-order valence-electron chi connectivity index (χ3n) is 9.67. The van der Waals surface area contributed by atoms with E-state index in [2.05, 4.69) is 20.5 Å². The lowest BCUT2D eigenvalue weighted by molar-refractivity contribution is -0.149. The molecule has 4 amide bonds. The fraction of sp³-hybridized carbons (Fsp3) is 0.410. The van der Waals surface area contributed by atoms with Crippen LogP contribution in [-0.2, 0) is 52.8 Å². The van der Waals surface area contributed by atoms with E-state index in [0.717, 1.165) is 17.5 Å². The Kier molecular flexibility index (Phi) is 14.0. The van der Waals surface area contributed by atoms with Crippen LogP contribution in [0.2, 0.25) is 0 Å². The number of nitrogens with zero attached hydrogens (tertiary/aromatic N) is 1. The monoisotopic (exact) mass is 762 g/mol. The predicted molar refractivity (Wildman–Crippen MR) is 197 cm³/mol. The Morgan fingerprint density at radius 2 is 1.48 bits per heavy atom. The molecule has 0 spiro atoms. The second-order valence-corrected chi connectivity index (χ2v) is 14.9. The molecule has 0 radical (unpaired) electrons. The lowest BCUT2D eigenvalue weighted by Crippen LogP contribution is -2.58. The molecule has 0 bridgehead atoms. The van der Waals surface area contributed by atoms with Crippen molar-refractivity contribution < 1.29 is 47.6 Å². The minimum Gasteiger partial charge on any atom is -0.461 e. The first kappa shape index (κ1) is 40.2. The van der Waals surface area contributed by atoms with Gasteiger partial charge in [0.15, 0.2) is 0 Å². The summed E-state index contributed by atoms with van der Waals surface area (Å²) in [6.07, 6.45) is 3.26. The van der Waals surface area contributed by atoms with Crippen molar-refractivity contribution in [1.29, 1.82) is 0 Å². The first-order valence-electron chi connectivity index (χ1n) is 18.1. The summed E-state index contributed by atoms with van der Waals surface area (Å²) in [4.78, 5) is 87.5. The Labute approximate surface area is 314 Å². The fourth-order valence-corrected chi connectivity index (χ4v) is 7.29. The van der Waals surface area contributed by atoms with E-state index >= 15 is 0 Å². The van der Waals surface area contributed by atoms with Crippen molar-refractivity contribution in [2.75, 3.05) is 0 Å². The highest BCUT2D eigenvalue weighted by molar-refractivity contribution is 7.46. The number of phosphoric acid groups is 1. The van der Waals surface area contributed by atoms with Gasteiger partial charge in [0.25, 0.3) is 0 Å². The molecule has 54 heavy (non-hydrogen) atoms. The summed E-state index contributed by atoms with van der Waals surface area (Å²) >= 11 is 0. The van der Waals surface area contributed by atoms with Crippen LogP contribution in [0.1, 0.15) is 68.6 Å². The van der Waals surface area contributed by atoms with E-state index in [9.17, 15) is 28.5 Å². The van der Waals surface area contributed by atoms with Crippen LogP contribution in [0.25, 0.3) is 0 Å². The van der Waals surface area contributed by atoms with Crippen LogP contribution >= 0.6 is 7.82 Å². The van der Waals surface area contributed by atoms with Gasteiger partial charge in [0.1, 0.15) is 30.5 Å². The maximum atomic E-state index is 14.2. The molecule has 288 valence electrons. The largest absolute Gasteiger partial charge is 0.524 e. The molecule has 15 heteroatoms. The molecule has 3 aromatic rings. The third kappa shape index (κ3) is 11.7. The van der Waals surface area contributed by atoms with Crippen molar-refractivity contribution in [2.45, 2.75) is 95.6 Å². The van der Waals surface area contributed by atoms with Crippen LogP contribution in [0, 0.1) is 5.92 Å². The lowest BCUT2D eigenvalue weighted by Gasteiger charge is -2.35. The molecule has 14 nitrogen and oxygen atoms in total. The number of esters is 1. The highest BCUT2D eigenvalue weighted by Crippen LogP contribution is 2.37. The zero-order valence-corrected chi connectivity index (χ0v) is 31.0. The van der Waals surface area contributed by atoms with Crippen LogP contribution in [-0.4, -0.2) is 68.5 Å². The zero-order chi connectivity index (χ0) is 38.7. The standard InChI is InChI=1S/C39H47N4O10P/c1-26(36(45)40-24-28-10-4-2-5-11-28)41-38(47)34-21-18-31-14-8-9-15-33(39(48)43(31)34)42-37(46)30(23-35(44)52-25-29-12-6-3-7-13-29)22-27-16-19-32(20-17-27)53-54(49,50)51/h2-7,10-13,16-17,19-20,26,30-31,33-34H,8-9,14-15,18,21-25H2,1H3,(H,40,45)(H,41,47)(H,42,46)(H2,49,50,51)/t26-,30+,31-,33-,34-/m0/s1. The van der Waals surface area contributed by atoms with Gasteiger partial charge in [-0.05, 0) is 67.9 Å². The van der Waals surface area contributed by atoms with Crippen LogP contribution in [0.3, 0.4) is 0 Å². The molecular formula is C39H47N4O10P. The number of hydrogen-bond acceptors (Lipinski definition) is 8. The predicted octanol–water partition coefficient (Wildman–Crippen LogP) is 3.69. The summed E-state index contributed by atoms with van der Waals surface area (Å²) in [7, 11) is -4.78. The van der Waals surface area contributed by atoms with Gasteiger partial charge in [-0.2, -0.15) is 0 Å². The van der Waals surface area contributed by atoms with Gasteiger partial charge in [0, 0.05) is 12.6 Å². The summed E-state index contributed by atoms with van der Waals surface area (Å²) in [5.74, 6) is -3.41. The number of benzene rings is 3. The van der Waals surface area contributed by atoms with E-state index in [0.29, 0.717) is 44.2 Å². The van der Waals surface area contributed by atoms with Gasteiger partial charge in [-0.1, -0.05) is 85.6 Å². The van der Waals surface area contributed by atoms with Crippen LogP contribution in [0.4, 0.5) is 0 Å². The van der Waals surface area contributed by atoms with E-state index in [1.807, 2.05) is 48.5 Å². The summed E-state index contributed by atoms with van der Waals surface area (Å²) in [6.45, 7) is 1.91. The van der Waals surface area contributed by atoms with Crippen molar-refractivity contribution in [3.63, 3.8) is 0 Å². The van der Waals surface area contributed by atoms with Gasteiger partial charge in [0.05, 0.1) is 12.3 Å².